The second-order valence-electron chi connectivity index (χ2n) is 3.75. The van der Waals surface area contributed by atoms with Crippen LogP contribution in [0.15, 0.2) is 12.1 Å². The fourth-order valence-corrected chi connectivity index (χ4v) is 1.81. The van der Waals surface area contributed by atoms with Crippen LogP contribution in [-0.4, -0.2) is 19.8 Å². The molecule has 1 rings (SSSR count). The molecule has 0 saturated heterocycles. The van der Waals surface area contributed by atoms with Crippen molar-refractivity contribution in [1.29, 1.82) is 0 Å². The highest BCUT2D eigenvalue weighted by molar-refractivity contribution is 14.1. The lowest BCUT2D eigenvalue weighted by atomic mass is 10.2. The average molecular weight is 352 g/mol. The number of hydrogen-bond acceptors (Lipinski definition) is 3. The van der Waals surface area contributed by atoms with Crippen LogP contribution < -0.4 is 11.1 Å². The van der Waals surface area contributed by atoms with E-state index in [2.05, 4.69) is 12.2 Å². The molecule has 5 heteroatoms. The second kappa shape index (κ2) is 7.71. The van der Waals surface area contributed by atoms with E-state index in [1.54, 1.807) is 6.07 Å². The van der Waals surface area contributed by atoms with Gasteiger partial charge in [0.2, 0.25) is 0 Å². The standard InChI is InChI=1S/C12H18FIN2O/c1-2-3-5-17-6-4-16-12-7-9(13)10(14)8-11(12)15/h7-8,16H,2-6,15H2,1H3. The van der Waals surface area contributed by atoms with Crippen molar-refractivity contribution < 1.29 is 9.13 Å². The van der Waals surface area contributed by atoms with Gasteiger partial charge in [-0.2, -0.15) is 0 Å². The van der Waals surface area contributed by atoms with Gasteiger partial charge in [0.05, 0.1) is 21.6 Å². The highest BCUT2D eigenvalue weighted by atomic mass is 127. The van der Waals surface area contributed by atoms with Gasteiger partial charge in [-0.1, -0.05) is 13.3 Å². The molecule has 0 atom stereocenters. The molecule has 0 aliphatic rings. The Morgan fingerprint density at radius 2 is 2.18 bits per heavy atom. The molecule has 0 aromatic heterocycles. The molecule has 1 aromatic carbocycles. The summed E-state index contributed by atoms with van der Waals surface area (Å²) in [4.78, 5) is 0. The SMILES string of the molecule is CCCCOCCNc1cc(F)c(I)cc1N. The smallest absolute Gasteiger partial charge is 0.138 e. The van der Waals surface area contributed by atoms with E-state index in [9.17, 15) is 4.39 Å². The Labute approximate surface area is 115 Å². The fourth-order valence-electron chi connectivity index (χ4n) is 1.32. The van der Waals surface area contributed by atoms with E-state index in [0.29, 0.717) is 28.1 Å². The van der Waals surface area contributed by atoms with Gasteiger partial charge in [-0.3, -0.25) is 0 Å². The molecule has 0 fully saturated rings. The molecule has 0 aliphatic carbocycles. The van der Waals surface area contributed by atoms with Gasteiger partial charge in [0.25, 0.3) is 0 Å². The molecular weight excluding hydrogens is 334 g/mol. The van der Waals surface area contributed by atoms with Crippen molar-refractivity contribution in [3.63, 3.8) is 0 Å². The monoisotopic (exact) mass is 352 g/mol. The Morgan fingerprint density at radius 1 is 1.41 bits per heavy atom. The van der Waals surface area contributed by atoms with Gasteiger partial charge in [0.1, 0.15) is 5.82 Å². The van der Waals surface area contributed by atoms with Crippen LogP contribution in [0, 0.1) is 9.39 Å². The first-order valence-corrected chi connectivity index (χ1v) is 6.79. The fraction of sp³-hybridized carbons (Fsp3) is 0.500. The van der Waals surface area contributed by atoms with Crippen LogP contribution in [0.5, 0.6) is 0 Å². The largest absolute Gasteiger partial charge is 0.397 e. The summed E-state index contributed by atoms with van der Waals surface area (Å²) < 4.78 is 19.2. The second-order valence-corrected chi connectivity index (χ2v) is 4.91. The minimum absolute atomic E-state index is 0.255. The number of rotatable bonds is 7. The summed E-state index contributed by atoms with van der Waals surface area (Å²) in [5.41, 5.74) is 6.96. The predicted octanol–water partition coefficient (Wildman–Crippen LogP) is 3.24. The lowest BCUT2D eigenvalue weighted by Crippen LogP contribution is -2.11. The first kappa shape index (κ1) is 14.5. The summed E-state index contributed by atoms with van der Waals surface area (Å²) in [7, 11) is 0. The number of benzene rings is 1. The van der Waals surface area contributed by atoms with Gasteiger partial charge in [-0.15, -0.1) is 0 Å². The number of ether oxygens (including phenoxy) is 1. The van der Waals surface area contributed by atoms with E-state index in [0.717, 1.165) is 19.4 Å². The summed E-state index contributed by atoms with van der Waals surface area (Å²) in [5.74, 6) is -0.255. The summed E-state index contributed by atoms with van der Waals surface area (Å²) in [6.45, 7) is 4.13. The van der Waals surface area contributed by atoms with Crippen molar-refractivity contribution in [2.24, 2.45) is 0 Å². The van der Waals surface area contributed by atoms with Gasteiger partial charge in [0.15, 0.2) is 0 Å². The molecule has 3 N–H and O–H groups in total. The van der Waals surface area contributed by atoms with Crippen LogP contribution in [0.4, 0.5) is 15.8 Å². The molecule has 96 valence electrons. The maximum atomic E-state index is 13.3. The third kappa shape index (κ3) is 5.08. The minimum atomic E-state index is -0.255. The Morgan fingerprint density at radius 3 is 2.88 bits per heavy atom. The molecule has 0 spiro atoms. The van der Waals surface area contributed by atoms with E-state index in [1.807, 2.05) is 22.6 Å². The van der Waals surface area contributed by atoms with Crippen LogP contribution in [0.1, 0.15) is 19.8 Å². The molecule has 0 radical (unpaired) electrons. The Hall–Kier alpha value is -0.560. The zero-order chi connectivity index (χ0) is 12.7. The maximum absolute atomic E-state index is 13.3. The van der Waals surface area contributed by atoms with Crippen LogP contribution >= 0.6 is 22.6 Å². The lowest BCUT2D eigenvalue weighted by Gasteiger charge is -2.10. The Bertz CT molecular complexity index is 361. The first-order valence-electron chi connectivity index (χ1n) is 5.71. The van der Waals surface area contributed by atoms with Gasteiger partial charge in [-0.25, -0.2) is 4.39 Å². The van der Waals surface area contributed by atoms with Gasteiger partial charge >= 0.3 is 0 Å². The van der Waals surface area contributed by atoms with Crippen LogP contribution in [0.2, 0.25) is 0 Å². The zero-order valence-electron chi connectivity index (χ0n) is 9.93. The number of hydrogen-bond donors (Lipinski definition) is 2. The van der Waals surface area contributed by atoms with Crippen molar-refractivity contribution in [3.05, 3.63) is 21.5 Å². The number of halogens is 2. The first-order chi connectivity index (χ1) is 8.15. The summed E-state index contributed by atoms with van der Waals surface area (Å²) in [5, 5.41) is 3.06. The van der Waals surface area contributed by atoms with E-state index >= 15 is 0 Å². The van der Waals surface area contributed by atoms with Crippen molar-refractivity contribution in [3.8, 4) is 0 Å². The maximum Gasteiger partial charge on any atom is 0.138 e. The van der Waals surface area contributed by atoms with E-state index in [1.165, 1.54) is 6.07 Å². The highest BCUT2D eigenvalue weighted by Crippen LogP contribution is 2.23. The topological polar surface area (TPSA) is 47.3 Å². The number of nitrogen functional groups attached to an aromatic ring is 1. The molecule has 0 amide bonds. The zero-order valence-corrected chi connectivity index (χ0v) is 12.1. The van der Waals surface area contributed by atoms with Crippen molar-refractivity contribution in [2.75, 3.05) is 30.8 Å². The lowest BCUT2D eigenvalue weighted by molar-refractivity contribution is 0.141. The third-order valence-electron chi connectivity index (χ3n) is 2.30. The molecular formula is C12H18FIN2O. The van der Waals surface area contributed by atoms with Gasteiger partial charge in [0, 0.05) is 19.2 Å². The van der Waals surface area contributed by atoms with Crippen molar-refractivity contribution in [2.45, 2.75) is 19.8 Å². The molecule has 0 aliphatic heterocycles. The van der Waals surface area contributed by atoms with E-state index in [-0.39, 0.29) is 5.82 Å². The van der Waals surface area contributed by atoms with Crippen LogP contribution in [0.25, 0.3) is 0 Å². The van der Waals surface area contributed by atoms with Gasteiger partial charge in [-0.05, 0) is 35.1 Å². The molecule has 0 heterocycles. The number of nitrogens with two attached hydrogens (primary N) is 1. The van der Waals surface area contributed by atoms with E-state index < -0.39 is 0 Å². The normalized spacial score (nSPS) is 10.5. The molecule has 17 heavy (non-hydrogen) atoms. The third-order valence-corrected chi connectivity index (χ3v) is 3.12. The summed E-state index contributed by atoms with van der Waals surface area (Å²) >= 11 is 1.92. The van der Waals surface area contributed by atoms with Crippen LogP contribution in [-0.2, 0) is 4.74 Å². The predicted molar refractivity (Wildman–Crippen MR) is 77.7 cm³/mol. The molecule has 1 aromatic rings. The number of anilines is 2. The van der Waals surface area contributed by atoms with Crippen molar-refractivity contribution in [1.82, 2.24) is 0 Å². The van der Waals surface area contributed by atoms with E-state index in [4.69, 9.17) is 10.5 Å². The summed E-state index contributed by atoms with van der Waals surface area (Å²) in [6, 6.07) is 3.04. The molecule has 3 nitrogen and oxygen atoms in total. The number of nitrogens with one attached hydrogen (secondary N) is 1. The molecule has 0 saturated carbocycles. The number of unbranched alkanes of at least 4 members (excludes halogenated alkanes) is 1. The summed E-state index contributed by atoms with van der Waals surface area (Å²) in [6.07, 6.45) is 2.20. The average Bonchev–Trinajstić information content (AvgIpc) is 2.30. The highest BCUT2D eigenvalue weighted by Gasteiger charge is 2.05. The molecule has 0 unspecified atom stereocenters. The Balaban J connectivity index is 2.34. The minimum Gasteiger partial charge on any atom is -0.397 e. The van der Waals surface area contributed by atoms with Gasteiger partial charge < -0.3 is 15.8 Å². The van der Waals surface area contributed by atoms with Crippen LogP contribution in [0.3, 0.4) is 0 Å². The Kier molecular flexibility index (Phi) is 6.57. The molecule has 0 bridgehead atoms. The van der Waals surface area contributed by atoms with Crippen molar-refractivity contribution >= 4 is 34.0 Å². The quantitative estimate of drug-likeness (QED) is 0.450.